The van der Waals surface area contributed by atoms with E-state index >= 15 is 0 Å². The predicted molar refractivity (Wildman–Crippen MR) is 125 cm³/mol. The maximum absolute atomic E-state index is 9.75. The second-order valence-corrected chi connectivity index (χ2v) is 7.58. The fourth-order valence-electron chi connectivity index (χ4n) is 4.11. The van der Waals surface area contributed by atoms with Gasteiger partial charge in [-0.15, -0.1) is 0 Å². The van der Waals surface area contributed by atoms with Crippen LogP contribution in [0.5, 0.6) is 17.2 Å². The summed E-state index contributed by atoms with van der Waals surface area (Å²) in [7, 11) is 4.69. The average Bonchev–Trinajstić information content (AvgIpc) is 3.37. The molecule has 2 heterocycles. The van der Waals surface area contributed by atoms with E-state index in [1.54, 1.807) is 21.3 Å². The third-order valence-electron chi connectivity index (χ3n) is 5.77. The van der Waals surface area contributed by atoms with Gasteiger partial charge in [0.15, 0.2) is 11.5 Å². The summed E-state index contributed by atoms with van der Waals surface area (Å²) in [6.07, 6.45) is 2.44. The lowest BCUT2D eigenvalue weighted by molar-refractivity contribution is 0.324. The van der Waals surface area contributed by atoms with E-state index in [0.29, 0.717) is 28.5 Å². The summed E-state index contributed by atoms with van der Waals surface area (Å²) in [6.45, 7) is 2.16. The molecule has 1 aromatic heterocycles. The first kappa shape index (κ1) is 21.3. The highest BCUT2D eigenvalue weighted by Crippen LogP contribution is 2.42. The highest BCUT2D eigenvalue weighted by molar-refractivity contribution is 5.81. The maximum Gasteiger partial charge on any atom is 0.203 e. The molecule has 0 amide bonds. The summed E-state index contributed by atoms with van der Waals surface area (Å²) in [4.78, 5) is 6.85. The minimum atomic E-state index is 0.178. The Kier molecular flexibility index (Phi) is 6.04. The molecule has 1 saturated heterocycles. The lowest BCUT2D eigenvalue weighted by Crippen LogP contribution is -2.17. The van der Waals surface area contributed by atoms with Gasteiger partial charge in [-0.3, -0.25) is 0 Å². The Hall–Kier alpha value is -3.92. The normalized spacial score (nSPS) is 13.0. The molecule has 0 aliphatic carbocycles. The lowest BCUT2D eigenvalue weighted by atomic mass is 9.98. The number of ether oxygens (including phenoxy) is 3. The summed E-state index contributed by atoms with van der Waals surface area (Å²) in [5, 5.41) is 9.75. The Balaban J connectivity index is 1.81. The van der Waals surface area contributed by atoms with E-state index in [9.17, 15) is 5.26 Å². The molecule has 0 saturated carbocycles. The predicted octanol–water partition coefficient (Wildman–Crippen LogP) is 4.50. The quantitative estimate of drug-likeness (QED) is 0.615. The van der Waals surface area contributed by atoms with Crippen LogP contribution in [0, 0.1) is 11.3 Å². The summed E-state index contributed by atoms with van der Waals surface area (Å²) >= 11 is 0. The van der Waals surface area contributed by atoms with Crippen LogP contribution < -0.4 is 24.8 Å². The summed E-state index contributed by atoms with van der Waals surface area (Å²) < 4.78 is 16.4. The first-order chi connectivity index (χ1) is 15.6. The first-order valence-electron chi connectivity index (χ1n) is 10.5. The fourth-order valence-corrected chi connectivity index (χ4v) is 4.11. The van der Waals surface area contributed by atoms with Crippen LogP contribution in [0.1, 0.15) is 18.4 Å². The van der Waals surface area contributed by atoms with E-state index in [-0.39, 0.29) is 5.82 Å². The van der Waals surface area contributed by atoms with E-state index in [4.69, 9.17) is 19.9 Å². The molecule has 7 nitrogen and oxygen atoms in total. The Morgan fingerprint density at radius 1 is 0.906 bits per heavy atom. The number of anilines is 2. The smallest absolute Gasteiger partial charge is 0.203 e. The van der Waals surface area contributed by atoms with E-state index in [2.05, 4.69) is 28.1 Å². The number of nitrogen functional groups attached to an aromatic ring is 1. The molecule has 2 aromatic carbocycles. The highest BCUT2D eigenvalue weighted by atomic mass is 16.5. The number of methoxy groups -OCH3 is 3. The van der Waals surface area contributed by atoms with Crippen molar-refractivity contribution in [1.82, 2.24) is 4.98 Å². The zero-order valence-corrected chi connectivity index (χ0v) is 18.5. The van der Waals surface area contributed by atoms with Crippen molar-refractivity contribution in [1.29, 1.82) is 5.26 Å². The summed E-state index contributed by atoms with van der Waals surface area (Å²) in [6, 6.07) is 16.0. The maximum atomic E-state index is 9.75. The van der Waals surface area contributed by atoms with Gasteiger partial charge >= 0.3 is 0 Å². The van der Waals surface area contributed by atoms with Crippen molar-refractivity contribution >= 4 is 11.5 Å². The summed E-state index contributed by atoms with van der Waals surface area (Å²) in [5.74, 6) is 1.71. The third kappa shape index (κ3) is 3.87. The number of aromatic nitrogens is 1. The van der Waals surface area contributed by atoms with Gasteiger partial charge in [0.2, 0.25) is 5.75 Å². The molecule has 0 unspecified atom stereocenters. The minimum Gasteiger partial charge on any atom is -0.493 e. The Bertz CT molecular complexity index is 1140. The van der Waals surface area contributed by atoms with E-state index in [0.717, 1.165) is 29.8 Å². The number of pyridine rings is 1. The molecule has 32 heavy (non-hydrogen) atoms. The van der Waals surface area contributed by atoms with E-state index in [1.165, 1.54) is 18.5 Å². The number of nitriles is 1. The Morgan fingerprint density at radius 3 is 2.06 bits per heavy atom. The van der Waals surface area contributed by atoms with Crippen LogP contribution in [0.2, 0.25) is 0 Å². The van der Waals surface area contributed by atoms with Gasteiger partial charge in [0.05, 0.1) is 27.0 Å². The first-order valence-corrected chi connectivity index (χ1v) is 10.5. The van der Waals surface area contributed by atoms with Gasteiger partial charge in [0.25, 0.3) is 0 Å². The Morgan fingerprint density at radius 2 is 1.53 bits per heavy atom. The monoisotopic (exact) mass is 430 g/mol. The second-order valence-electron chi connectivity index (χ2n) is 7.58. The Labute approximate surface area is 188 Å². The van der Waals surface area contributed by atoms with Crippen LogP contribution in [0.25, 0.3) is 22.4 Å². The number of nitrogens with zero attached hydrogens (tertiary/aromatic N) is 3. The van der Waals surface area contributed by atoms with Gasteiger partial charge in [-0.25, -0.2) is 4.98 Å². The lowest BCUT2D eigenvalue weighted by Gasteiger charge is -2.18. The van der Waals surface area contributed by atoms with Crippen LogP contribution in [0.3, 0.4) is 0 Å². The van der Waals surface area contributed by atoms with Crippen molar-refractivity contribution in [2.45, 2.75) is 12.8 Å². The van der Waals surface area contributed by atoms with Crippen molar-refractivity contribution in [2.24, 2.45) is 0 Å². The van der Waals surface area contributed by atoms with Crippen LogP contribution in [0.4, 0.5) is 11.5 Å². The molecular formula is C25H26N4O3. The molecule has 0 spiro atoms. The number of rotatable bonds is 6. The average molecular weight is 431 g/mol. The molecule has 1 aliphatic rings. The van der Waals surface area contributed by atoms with Crippen LogP contribution >= 0.6 is 0 Å². The van der Waals surface area contributed by atoms with Gasteiger partial charge in [-0.05, 0) is 48.7 Å². The van der Waals surface area contributed by atoms with Gasteiger partial charge < -0.3 is 24.8 Å². The zero-order chi connectivity index (χ0) is 22.7. The number of nitrogens with two attached hydrogens (primary N) is 1. The largest absolute Gasteiger partial charge is 0.493 e. The molecule has 0 radical (unpaired) electrons. The van der Waals surface area contributed by atoms with Crippen LogP contribution in [-0.2, 0) is 0 Å². The SMILES string of the molecule is COc1cc(-c2cc(-c3ccc(N4CCCC4)cc3)c(C#N)c(N)n2)cc(OC)c1OC. The third-order valence-corrected chi connectivity index (χ3v) is 5.77. The molecule has 7 heteroatoms. The molecule has 1 fully saturated rings. The number of hydrogen-bond acceptors (Lipinski definition) is 7. The van der Waals surface area contributed by atoms with Crippen molar-refractivity contribution in [2.75, 3.05) is 45.1 Å². The van der Waals surface area contributed by atoms with Gasteiger partial charge in [-0.1, -0.05) is 12.1 Å². The molecule has 164 valence electrons. The van der Waals surface area contributed by atoms with Crippen LogP contribution in [0.15, 0.2) is 42.5 Å². The highest BCUT2D eigenvalue weighted by Gasteiger charge is 2.19. The standard InChI is InChI=1S/C25H26N4O3/c1-30-22-12-17(13-23(31-2)24(22)32-3)21-14-19(20(15-26)25(27)28-21)16-6-8-18(9-7-16)29-10-4-5-11-29/h6-9,12-14H,4-5,10-11H2,1-3H3,(H2,27,28). The fraction of sp³-hybridized carbons (Fsp3) is 0.280. The van der Waals surface area contributed by atoms with Gasteiger partial charge in [0, 0.05) is 29.9 Å². The molecule has 1 aliphatic heterocycles. The van der Waals surface area contributed by atoms with Gasteiger partial charge in [0.1, 0.15) is 17.5 Å². The molecule has 2 N–H and O–H groups in total. The topological polar surface area (TPSA) is 93.6 Å². The molecule has 4 rings (SSSR count). The number of hydrogen-bond donors (Lipinski definition) is 1. The van der Waals surface area contributed by atoms with Crippen molar-refractivity contribution in [3.63, 3.8) is 0 Å². The van der Waals surface area contributed by atoms with Crippen molar-refractivity contribution in [3.8, 4) is 45.7 Å². The van der Waals surface area contributed by atoms with Crippen molar-refractivity contribution in [3.05, 3.63) is 48.0 Å². The van der Waals surface area contributed by atoms with Crippen molar-refractivity contribution < 1.29 is 14.2 Å². The second kappa shape index (κ2) is 9.06. The summed E-state index contributed by atoms with van der Waals surface area (Å²) in [5.41, 5.74) is 10.7. The molecular weight excluding hydrogens is 404 g/mol. The minimum absolute atomic E-state index is 0.178. The zero-order valence-electron chi connectivity index (χ0n) is 18.5. The molecule has 3 aromatic rings. The van der Waals surface area contributed by atoms with E-state index < -0.39 is 0 Å². The molecule has 0 bridgehead atoms. The van der Waals surface area contributed by atoms with Gasteiger partial charge in [-0.2, -0.15) is 5.26 Å². The molecule has 0 atom stereocenters. The van der Waals surface area contributed by atoms with Crippen LogP contribution in [-0.4, -0.2) is 39.4 Å². The number of benzene rings is 2. The van der Waals surface area contributed by atoms with E-state index in [1.807, 2.05) is 30.3 Å².